The molecule has 2 nitrogen and oxygen atoms in total. The Hall–Kier alpha value is -1.92. The van der Waals surface area contributed by atoms with E-state index in [1.807, 2.05) is 12.1 Å². The lowest BCUT2D eigenvalue weighted by Crippen LogP contribution is -2.28. The monoisotopic (exact) mass is 297 g/mol. The largest absolute Gasteiger partial charge is 0.352 e. The number of amides is 1. The molecule has 2 aromatic carbocycles. The van der Waals surface area contributed by atoms with Crippen molar-refractivity contribution in [1.29, 1.82) is 0 Å². The summed E-state index contributed by atoms with van der Waals surface area (Å²) in [6.07, 6.45) is 0.933. The second-order valence-corrected chi connectivity index (χ2v) is 7.20. The summed E-state index contributed by atoms with van der Waals surface area (Å²) >= 11 is 0. The van der Waals surface area contributed by atoms with Crippen molar-refractivity contribution >= 4 is 24.4 Å². The van der Waals surface area contributed by atoms with E-state index in [0.717, 1.165) is 6.16 Å². The first-order chi connectivity index (χ1) is 10.2. The highest BCUT2D eigenvalue weighted by Gasteiger charge is 2.13. The molecule has 2 rings (SSSR count). The van der Waals surface area contributed by atoms with Crippen LogP contribution >= 0.6 is 7.92 Å². The van der Waals surface area contributed by atoms with Crippen LogP contribution in [0.3, 0.4) is 0 Å². The van der Waals surface area contributed by atoms with E-state index in [1.165, 1.54) is 10.6 Å². The van der Waals surface area contributed by atoms with Gasteiger partial charge in [0.15, 0.2) is 0 Å². The summed E-state index contributed by atoms with van der Waals surface area (Å²) in [4.78, 5) is 11.6. The van der Waals surface area contributed by atoms with Gasteiger partial charge in [0.25, 0.3) is 0 Å². The molecule has 108 valence electrons. The van der Waals surface area contributed by atoms with E-state index in [2.05, 4.69) is 60.4 Å². The molecular formula is C18H20NOP. The van der Waals surface area contributed by atoms with Crippen LogP contribution in [0.2, 0.25) is 0 Å². The summed E-state index contributed by atoms with van der Waals surface area (Å²) in [5.41, 5.74) is 0.554. The third-order valence-corrected chi connectivity index (χ3v) is 5.66. The average molecular weight is 297 g/mol. The highest BCUT2D eigenvalue weighted by atomic mass is 31.1. The lowest BCUT2D eigenvalue weighted by molar-refractivity contribution is -0.117. The molecule has 2 aromatic rings. The molecule has 1 N–H and O–H groups in total. The summed E-state index contributed by atoms with van der Waals surface area (Å²) in [5, 5.41) is 5.60. The first kappa shape index (κ1) is 15.5. The zero-order valence-corrected chi connectivity index (χ0v) is 13.1. The minimum absolute atomic E-state index is 0.0638. The van der Waals surface area contributed by atoms with E-state index in [4.69, 9.17) is 0 Å². The number of carbonyl (C=O) groups is 1. The van der Waals surface area contributed by atoms with Gasteiger partial charge in [0.2, 0.25) is 5.91 Å². The first-order valence-electron chi connectivity index (χ1n) is 7.00. The fourth-order valence-electron chi connectivity index (χ4n) is 2.06. The topological polar surface area (TPSA) is 29.1 Å². The van der Waals surface area contributed by atoms with E-state index in [1.54, 1.807) is 6.92 Å². The van der Waals surface area contributed by atoms with Gasteiger partial charge in [-0.2, -0.15) is 0 Å². The van der Waals surface area contributed by atoms with Gasteiger partial charge in [-0.3, -0.25) is 4.79 Å². The Labute approximate surface area is 127 Å². The van der Waals surface area contributed by atoms with Crippen LogP contribution in [0.5, 0.6) is 0 Å². The average Bonchev–Trinajstić information content (AvgIpc) is 2.53. The Morgan fingerprint density at radius 1 is 1.00 bits per heavy atom. The van der Waals surface area contributed by atoms with Gasteiger partial charge < -0.3 is 5.32 Å². The van der Waals surface area contributed by atoms with Crippen molar-refractivity contribution in [2.45, 2.75) is 6.92 Å². The first-order valence-corrected chi connectivity index (χ1v) is 8.52. The molecule has 0 unspecified atom stereocenters. The van der Waals surface area contributed by atoms with Crippen LogP contribution in [-0.2, 0) is 4.79 Å². The molecule has 0 bridgehead atoms. The zero-order valence-electron chi connectivity index (χ0n) is 12.3. The molecule has 0 atom stereocenters. The predicted octanol–water partition coefficient (Wildman–Crippen LogP) is 2.81. The van der Waals surface area contributed by atoms with Crippen molar-refractivity contribution in [3.63, 3.8) is 0 Å². The van der Waals surface area contributed by atoms with Crippen LogP contribution in [0.25, 0.3) is 0 Å². The fraction of sp³-hybridized carbons (Fsp3) is 0.167. The Morgan fingerprint density at radius 3 is 1.90 bits per heavy atom. The van der Waals surface area contributed by atoms with Crippen molar-refractivity contribution < 1.29 is 4.79 Å². The quantitative estimate of drug-likeness (QED) is 0.645. The Balaban J connectivity index is 2.10. The van der Waals surface area contributed by atoms with E-state index in [0.29, 0.717) is 12.1 Å². The molecule has 0 aliphatic rings. The van der Waals surface area contributed by atoms with Gasteiger partial charge in [-0.1, -0.05) is 67.2 Å². The highest BCUT2D eigenvalue weighted by Crippen LogP contribution is 2.32. The summed E-state index contributed by atoms with van der Waals surface area (Å²) in [6, 6.07) is 21.0. The minimum atomic E-state index is -0.445. The smallest absolute Gasteiger partial charge is 0.246 e. The molecule has 0 saturated carbocycles. The van der Waals surface area contributed by atoms with Gasteiger partial charge in [0.05, 0.1) is 0 Å². The molecule has 0 saturated heterocycles. The molecule has 0 aliphatic heterocycles. The van der Waals surface area contributed by atoms with E-state index >= 15 is 0 Å². The van der Waals surface area contributed by atoms with E-state index in [9.17, 15) is 4.79 Å². The van der Waals surface area contributed by atoms with Crippen LogP contribution in [0.1, 0.15) is 6.92 Å². The van der Waals surface area contributed by atoms with Gasteiger partial charge in [0.1, 0.15) is 0 Å². The molecule has 3 heteroatoms. The lowest BCUT2D eigenvalue weighted by atomic mass is 10.3. The van der Waals surface area contributed by atoms with Crippen molar-refractivity contribution in [3.05, 3.63) is 72.8 Å². The summed E-state index contributed by atoms with van der Waals surface area (Å²) in [7, 11) is -0.445. The van der Waals surface area contributed by atoms with Crippen LogP contribution in [0.15, 0.2) is 72.8 Å². The Morgan fingerprint density at radius 2 is 1.48 bits per heavy atom. The van der Waals surface area contributed by atoms with Crippen molar-refractivity contribution in [2.24, 2.45) is 0 Å². The zero-order chi connectivity index (χ0) is 15.1. The lowest BCUT2D eigenvalue weighted by Gasteiger charge is -2.19. The molecule has 0 heterocycles. The van der Waals surface area contributed by atoms with Crippen LogP contribution in [0.4, 0.5) is 0 Å². The van der Waals surface area contributed by atoms with Crippen molar-refractivity contribution in [3.8, 4) is 0 Å². The minimum Gasteiger partial charge on any atom is -0.352 e. The molecular weight excluding hydrogens is 277 g/mol. The maximum Gasteiger partial charge on any atom is 0.246 e. The molecule has 1 amide bonds. The third kappa shape index (κ3) is 4.54. The normalized spacial score (nSPS) is 10.4. The molecule has 0 aliphatic carbocycles. The van der Waals surface area contributed by atoms with Gasteiger partial charge in [-0.05, 0) is 31.6 Å². The fourth-order valence-corrected chi connectivity index (χ4v) is 4.27. The highest BCUT2D eigenvalue weighted by molar-refractivity contribution is 7.73. The van der Waals surface area contributed by atoms with Crippen LogP contribution in [0, 0.1) is 0 Å². The summed E-state index contributed by atoms with van der Waals surface area (Å²) in [6.45, 7) is 6.06. The molecule has 0 radical (unpaired) electrons. The maximum absolute atomic E-state index is 11.6. The number of rotatable bonds is 6. The number of nitrogens with one attached hydrogen (secondary N) is 1. The molecule has 0 spiro atoms. The predicted molar refractivity (Wildman–Crippen MR) is 91.8 cm³/mol. The number of hydrogen-bond donors (Lipinski definition) is 1. The third-order valence-electron chi connectivity index (χ3n) is 3.14. The maximum atomic E-state index is 11.6. The Bertz CT molecular complexity index is 556. The second kappa shape index (κ2) is 7.75. The summed E-state index contributed by atoms with van der Waals surface area (Å²) < 4.78 is 0. The van der Waals surface area contributed by atoms with Crippen molar-refractivity contribution in [2.75, 3.05) is 12.7 Å². The van der Waals surface area contributed by atoms with Gasteiger partial charge >= 0.3 is 0 Å². The van der Waals surface area contributed by atoms with E-state index in [-0.39, 0.29) is 5.91 Å². The van der Waals surface area contributed by atoms with Gasteiger partial charge in [-0.15, -0.1) is 0 Å². The SMILES string of the molecule is C=C(C)C(=O)NCCP(c1ccccc1)c1ccccc1. The standard InChI is InChI=1S/C18H20NOP/c1-15(2)18(20)19-13-14-21(16-9-5-3-6-10-16)17-11-7-4-8-12-17/h3-12H,1,13-14H2,2H3,(H,19,20). The summed E-state index contributed by atoms with van der Waals surface area (Å²) in [5.74, 6) is -0.0638. The molecule has 0 aromatic heterocycles. The van der Waals surface area contributed by atoms with Crippen molar-refractivity contribution in [1.82, 2.24) is 5.32 Å². The number of carbonyl (C=O) groups excluding carboxylic acids is 1. The van der Waals surface area contributed by atoms with Crippen LogP contribution in [-0.4, -0.2) is 18.6 Å². The number of hydrogen-bond acceptors (Lipinski definition) is 1. The van der Waals surface area contributed by atoms with E-state index < -0.39 is 7.92 Å². The molecule has 0 fully saturated rings. The van der Waals surface area contributed by atoms with Gasteiger partial charge in [-0.25, -0.2) is 0 Å². The Kier molecular flexibility index (Phi) is 5.71. The van der Waals surface area contributed by atoms with Crippen LogP contribution < -0.4 is 15.9 Å². The number of benzene rings is 2. The second-order valence-electron chi connectivity index (χ2n) is 4.86. The molecule has 21 heavy (non-hydrogen) atoms. The van der Waals surface area contributed by atoms with Gasteiger partial charge in [0, 0.05) is 12.1 Å².